The summed E-state index contributed by atoms with van der Waals surface area (Å²) in [6.07, 6.45) is 1.88. The monoisotopic (exact) mass is 487 g/mol. The van der Waals surface area contributed by atoms with Crippen LogP contribution >= 0.6 is 15.9 Å². The molecular weight excluding hydrogens is 472 g/mol. The minimum Gasteiger partial charge on any atom is -0.493 e. The van der Waals surface area contributed by atoms with Crippen molar-refractivity contribution in [2.45, 2.75) is 6.42 Å². The Morgan fingerprint density at radius 3 is 2.42 bits per heavy atom. The quantitative estimate of drug-likeness (QED) is 0.443. The van der Waals surface area contributed by atoms with E-state index in [9.17, 15) is 13.6 Å². The first-order valence-corrected chi connectivity index (χ1v) is 9.93. The van der Waals surface area contributed by atoms with Gasteiger partial charge >= 0.3 is 0 Å². The third-order valence-corrected chi connectivity index (χ3v) is 5.43. The average Bonchev–Trinajstić information content (AvgIpc) is 2.74. The van der Waals surface area contributed by atoms with Crippen molar-refractivity contribution < 1.29 is 18.3 Å². The standard InChI is InChI=1S/C22H16BrF2N3O3/c1-30-17-9-15-20(19(23)21(17)31-2)27-18(28-22(15)29)5-11-3-4-16(26-10-11)12-6-13(24)8-14(25)7-12/h3-4,6-10H,5H2,1-2H3,(H,27,28,29). The maximum absolute atomic E-state index is 13.4. The molecule has 1 N–H and O–H groups in total. The molecule has 0 aliphatic heterocycles. The number of benzene rings is 2. The first-order valence-electron chi connectivity index (χ1n) is 9.14. The number of halogens is 3. The molecule has 158 valence electrons. The fourth-order valence-corrected chi connectivity index (χ4v) is 3.92. The van der Waals surface area contributed by atoms with E-state index < -0.39 is 11.6 Å². The van der Waals surface area contributed by atoms with Crippen LogP contribution < -0.4 is 15.0 Å². The molecule has 0 atom stereocenters. The lowest BCUT2D eigenvalue weighted by molar-refractivity contribution is 0.354. The summed E-state index contributed by atoms with van der Waals surface area (Å²) in [4.78, 5) is 24.2. The summed E-state index contributed by atoms with van der Waals surface area (Å²) < 4.78 is 38.0. The maximum atomic E-state index is 13.4. The van der Waals surface area contributed by atoms with Gasteiger partial charge in [-0.3, -0.25) is 9.78 Å². The number of nitrogens with zero attached hydrogens (tertiary/aromatic N) is 2. The van der Waals surface area contributed by atoms with Gasteiger partial charge in [-0.05, 0) is 45.8 Å². The topological polar surface area (TPSA) is 77.1 Å². The summed E-state index contributed by atoms with van der Waals surface area (Å²) in [7, 11) is 2.99. The highest BCUT2D eigenvalue weighted by Gasteiger charge is 2.17. The Kier molecular flexibility index (Phi) is 5.69. The van der Waals surface area contributed by atoms with Crippen molar-refractivity contribution in [3.63, 3.8) is 0 Å². The molecule has 4 rings (SSSR count). The third kappa shape index (κ3) is 4.13. The van der Waals surface area contributed by atoms with Crippen molar-refractivity contribution in [1.29, 1.82) is 0 Å². The molecule has 0 aliphatic carbocycles. The number of rotatable bonds is 5. The van der Waals surface area contributed by atoms with Crippen LogP contribution in [0.4, 0.5) is 8.78 Å². The van der Waals surface area contributed by atoms with Gasteiger partial charge in [-0.25, -0.2) is 13.8 Å². The molecule has 2 aromatic heterocycles. The Balaban J connectivity index is 1.68. The number of fused-ring (bicyclic) bond motifs is 1. The number of aromatic nitrogens is 3. The van der Waals surface area contributed by atoms with Gasteiger partial charge < -0.3 is 14.5 Å². The van der Waals surface area contributed by atoms with E-state index in [1.54, 1.807) is 24.4 Å². The van der Waals surface area contributed by atoms with Gasteiger partial charge in [-0.1, -0.05) is 6.07 Å². The van der Waals surface area contributed by atoms with Crippen LogP contribution in [-0.4, -0.2) is 29.2 Å². The predicted octanol–water partition coefficient (Wildman–Crippen LogP) is 4.63. The summed E-state index contributed by atoms with van der Waals surface area (Å²) >= 11 is 3.44. The van der Waals surface area contributed by atoms with Crippen LogP contribution in [0.25, 0.3) is 22.2 Å². The van der Waals surface area contributed by atoms with E-state index in [0.29, 0.717) is 50.4 Å². The zero-order chi connectivity index (χ0) is 22.1. The molecule has 0 unspecified atom stereocenters. The third-order valence-electron chi connectivity index (χ3n) is 4.69. The van der Waals surface area contributed by atoms with Gasteiger partial charge in [0.05, 0.1) is 35.3 Å². The van der Waals surface area contributed by atoms with Gasteiger partial charge in [0, 0.05) is 24.2 Å². The molecule has 31 heavy (non-hydrogen) atoms. The van der Waals surface area contributed by atoms with Crippen molar-refractivity contribution in [3.8, 4) is 22.8 Å². The molecule has 0 spiro atoms. The number of aromatic amines is 1. The Morgan fingerprint density at radius 2 is 1.81 bits per heavy atom. The van der Waals surface area contributed by atoms with Crippen molar-refractivity contribution in [2.24, 2.45) is 0 Å². The van der Waals surface area contributed by atoms with Crippen molar-refractivity contribution in [2.75, 3.05) is 14.2 Å². The second-order valence-corrected chi connectivity index (χ2v) is 7.51. The number of pyridine rings is 1. The molecule has 2 aromatic carbocycles. The molecule has 4 aromatic rings. The molecule has 0 bridgehead atoms. The second kappa shape index (κ2) is 8.43. The molecule has 0 aliphatic rings. The summed E-state index contributed by atoms with van der Waals surface area (Å²) in [5, 5.41) is 0.356. The van der Waals surface area contributed by atoms with Crippen LogP contribution in [0.5, 0.6) is 11.5 Å². The smallest absolute Gasteiger partial charge is 0.258 e. The largest absolute Gasteiger partial charge is 0.493 e. The van der Waals surface area contributed by atoms with Crippen LogP contribution in [0.3, 0.4) is 0 Å². The molecular formula is C22H16BrF2N3O3. The molecule has 0 saturated heterocycles. The lowest BCUT2D eigenvalue weighted by Gasteiger charge is -2.12. The highest BCUT2D eigenvalue weighted by molar-refractivity contribution is 9.10. The maximum Gasteiger partial charge on any atom is 0.258 e. The van der Waals surface area contributed by atoms with Crippen LogP contribution in [-0.2, 0) is 6.42 Å². The van der Waals surface area contributed by atoms with Crippen molar-refractivity contribution >= 4 is 26.8 Å². The van der Waals surface area contributed by atoms with E-state index in [1.807, 2.05) is 0 Å². The van der Waals surface area contributed by atoms with E-state index in [4.69, 9.17) is 9.47 Å². The van der Waals surface area contributed by atoms with Crippen LogP contribution in [0.15, 0.2) is 51.9 Å². The van der Waals surface area contributed by atoms with Gasteiger partial charge in [0.15, 0.2) is 11.5 Å². The van der Waals surface area contributed by atoms with Gasteiger partial charge in [-0.15, -0.1) is 0 Å². The number of hydrogen-bond acceptors (Lipinski definition) is 5. The summed E-state index contributed by atoms with van der Waals surface area (Å²) in [6.45, 7) is 0. The molecule has 9 heteroatoms. The number of hydrogen-bond donors (Lipinski definition) is 1. The summed E-state index contributed by atoms with van der Waals surface area (Å²) in [5.74, 6) is -0.0624. The highest BCUT2D eigenvalue weighted by atomic mass is 79.9. The zero-order valence-corrected chi connectivity index (χ0v) is 18.1. The Bertz CT molecular complexity index is 1320. The van der Waals surface area contributed by atoms with Gasteiger partial charge in [0.25, 0.3) is 5.56 Å². The minimum absolute atomic E-state index is 0.302. The molecule has 0 fully saturated rings. The predicted molar refractivity (Wildman–Crippen MR) is 116 cm³/mol. The molecule has 0 radical (unpaired) electrons. The van der Waals surface area contributed by atoms with Crippen LogP contribution in [0.2, 0.25) is 0 Å². The van der Waals surface area contributed by atoms with Gasteiger partial charge in [0.1, 0.15) is 17.5 Å². The Hall–Kier alpha value is -3.33. The van der Waals surface area contributed by atoms with Crippen LogP contribution in [0.1, 0.15) is 11.4 Å². The first-order chi connectivity index (χ1) is 14.9. The van der Waals surface area contributed by atoms with E-state index in [2.05, 4.69) is 30.9 Å². The fourth-order valence-electron chi connectivity index (χ4n) is 3.26. The van der Waals surface area contributed by atoms with E-state index in [1.165, 1.54) is 26.4 Å². The SMILES string of the molecule is COc1cc2c(=O)[nH]c(Cc3ccc(-c4cc(F)cc(F)c4)nc3)nc2c(Br)c1OC. The molecule has 0 amide bonds. The molecule has 0 saturated carbocycles. The second-order valence-electron chi connectivity index (χ2n) is 6.72. The van der Waals surface area contributed by atoms with Crippen molar-refractivity contribution in [1.82, 2.24) is 15.0 Å². The van der Waals surface area contributed by atoms with Crippen molar-refractivity contribution in [3.05, 3.63) is 80.4 Å². The number of methoxy groups -OCH3 is 2. The highest BCUT2D eigenvalue weighted by Crippen LogP contribution is 2.39. The number of H-pyrrole nitrogens is 1. The van der Waals surface area contributed by atoms with Crippen LogP contribution in [0, 0.1) is 11.6 Å². The zero-order valence-electron chi connectivity index (χ0n) is 16.5. The lowest BCUT2D eigenvalue weighted by Crippen LogP contribution is -2.13. The first kappa shape index (κ1) is 20.9. The van der Waals surface area contributed by atoms with Gasteiger partial charge in [0.2, 0.25) is 0 Å². The normalized spacial score (nSPS) is 11.0. The Morgan fingerprint density at radius 1 is 1.06 bits per heavy atom. The lowest BCUT2D eigenvalue weighted by atomic mass is 10.1. The Labute approximate surface area is 184 Å². The fraction of sp³-hybridized carbons (Fsp3) is 0.136. The average molecular weight is 488 g/mol. The number of nitrogens with one attached hydrogen (secondary N) is 1. The van der Waals surface area contributed by atoms with E-state index >= 15 is 0 Å². The van der Waals surface area contributed by atoms with E-state index in [0.717, 1.165) is 11.6 Å². The minimum atomic E-state index is -0.670. The molecule has 2 heterocycles. The summed E-state index contributed by atoms with van der Waals surface area (Å²) in [5.41, 5.74) is 1.66. The number of ether oxygens (including phenoxy) is 2. The van der Waals surface area contributed by atoms with Gasteiger partial charge in [-0.2, -0.15) is 0 Å². The van der Waals surface area contributed by atoms with E-state index in [-0.39, 0.29) is 5.56 Å². The summed E-state index contributed by atoms with van der Waals surface area (Å²) in [6, 6.07) is 8.23. The molecule has 6 nitrogen and oxygen atoms in total.